The molecule has 0 bridgehead atoms. The number of hydrogen-bond donors (Lipinski definition) is 1. The van der Waals surface area contributed by atoms with Crippen molar-refractivity contribution in [2.75, 3.05) is 25.6 Å². The van der Waals surface area contributed by atoms with E-state index in [1.54, 1.807) is 7.11 Å². The van der Waals surface area contributed by atoms with Crippen LogP contribution in [0.3, 0.4) is 0 Å². The largest absolute Gasteiger partial charge is 0.492 e. The van der Waals surface area contributed by atoms with Crippen molar-refractivity contribution in [3.63, 3.8) is 0 Å². The molecule has 1 N–H and O–H groups in total. The van der Waals surface area contributed by atoms with Gasteiger partial charge in [-0.1, -0.05) is 34.1 Å². The molecule has 0 spiro atoms. The fourth-order valence-corrected chi connectivity index (χ4v) is 2.25. The van der Waals surface area contributed by atoms with Gasteiger partial charge in [-0.3, -0.25) is 0 Å². The Balaban J connectivity index is 1.77. The van der Waals surface area contributed by atoms with Crippen molar-refractivity contribution in [1.29, 1.82) is 0 Å². The number of hydrogen-bond acceptors (Lipinski definition) is 3. The summed E-state index contributed by atoms with van der Waals surface area (Å²) in [5.74, 6) is 0.871. The predicted molar refractivity (Wildman–Crippen MR) is 85.3 cm³/mol. The van der Waals surface area contributed by atoms with Gasteiger partial charge in [0.05, 0.1) is 6.61 Å². The molecular formula is C16H18BrNO2. The van der Waals surface area contributed by atoms with E-state index in [0.29, 0.717) is 13.2 Å². The highest BCUT2D eigenvalue weighted by molar-refractivity contribution is 9.10. The predicted octanol–water partition coefficient (Wildman–Crippen LogP) is 4.09. The van der Waals surface area contributed by atoms with E-state index in [1.807, 2.05) is 48.5 Å². The van der Waals surface area contributed by atoms with Gasteiger partial charge in [-0.25, -0.2) is 0 Å². The summed E-state index contributed by atoms with van der Waals surface area (Å²) < 4.78 is 11.9. The van der Waals surface area contributed by atoms with Gasteiger partial charge in [-0.15, -0.1) is 0 Å². The van der Waals surface area contributed by atoms with Gasteiger partial charge in [0.25, 0.3) is 0 Å². The second-order valence-electron chi connectivity index (χ2n) is 4.37. The van der Waals surface area contributed by atoms with E-state index in [-0.39, 0.29) is 0 Å². The third-order valence-corrected chi connectivity index (χ3v) is 3.23. The number of ether oxygens (including phenoxy) is 2. The number of halogens is 1. The average molecular weight is 336 g/mol. The fraction of sp³-hybridized carbons (Fsp3) is 0.250. The first-order valence-corrected chi connectivity index (χ1v) is 7.27. The molecule has 0 fully saturated rings. The molecule has 0 saturated heterocycles. The molecule has 106 valence electrons. The normalized spacial score (nSPS) is 10.3. The maximum Gasteiger partial charge on any atom is 0.119 e. The van der Waals surface area contributed by atoms with Crippen molar-refractivity contribution < 1.29 is 9.47 Å². The molecule has 20 heavy (non-hydrogen) atoms. The van der Waals surface area contributed by atoms with Crippen molar-refractivity contribution >= 4 is 21.6 Å². The molecule has 0 atom stereocenters. The van der Waals surface area contributed by atoms with Crippen molar-refractivity contribution in [2.24, 2.45) is 0 Å². The Morgan fingerprint density at radius 3 is 2.75 bits per heavy atom. The molecule has 2 aromatic rings. The van der Waals surface area contributed by atoms with Crippen LogP contribution in [0.5, 0.6) is 5.75 Å². The summed E-state index contributed by atoms with van der Waals surface area (Å²) in [5.41, 5.74) is 2.20. The lowest BCUT2D eigenvalue weighted by Crippen LogP contribution is -2.11. The molecule has 3 nitrogen and oxygen atoms in total. The van der Waals surface area contributed by atoms with E-state index in [2.05, 4.69) is 21.2 Å². The minimum Gasteiger partial charge on any atom is -0.492 e. The highest BCUT2D eigenvalue weighted by Gasteiger charge is 1.97. The van der Waals surface area contributed by atoms with Crippen LogP contribution < -0.4 is 10.1 Å². The molecule has 0 unspecified atom stereocenters. The molecule has 0 aliphatic heterocycles. The van der Waals surface area contributed by atoms with E-state index >= 15 is 0 Å². The molecule has 0 saturated carbocycles. The fourth-order valence-electron chi connectivity index (χ4n) is 1.85. The van der Waals surface area contributed by atoms with Crippen LogP contribution in [0.25, 0.3) is 0 Å². The highest BCUT2D eigenvalue weighted by atomic mass is 79.9. The lowest BCUT2D eigenvalue weighted by molar-refractivity contribution is 0.184. The number of methoxy groups -OCH3 is 1. The van der Waals surface area contributed by atoms with E-state index < -0.39 is 0 Å². The van der Waals surface area contributed by atoms with Crippen LogP contribution in [0.15, 0.2) is 53.0 Å². The first-order chi connectivity index (χ1) is 9.78. The van der Waals surface area contributed by atoms with E-state index in [1.165, 1.54) is 0 Å². The third-order valence-electron chi connectivity index (χ3n) is 2.73. The van der Waals surface area contributed by atoms with Crippen molar-refractivity contribution in [2.45, 2.75) is 6.61 Å². The van der Waals surface area contributed by atoms with Crippen molar-refractivity contribution in [3.8, 4) is 5.75 Å². The molecule has 0 amide bonds. The Labute approximate surface area is 128 Å². The van der Waals surface area contributed by atoms with E-state index in [4.69, 9.17) is 9.47 Å². The first kappa shape index (κ1) is 14.9. The van der Waals surface area contributed by atoms with Gasteiger partial charge in [-0.2, -0.15) is 0 Å². The Bertz CT molecular complexity index is 546. The zero-order valence-electron chi connectivity index (χ0n) is 11.4. The minimum atomic E-state index is 0.605. The lowest BCUT2D eigenvalue weighted by atomic mass is 10.2. The summed E-state index contributed by atoms with van der Waals surface area (Å²) in [4.78, 5) is 0. The van der Waals surface area contributed by atoms with Crippen LogP contribution in [-0.4, -0.2) is 20.3 Å². The molecule has 2 aromatic carbocycles. The maximum absolute atomic E-state index is 5.72. The van der Waals surface area contributed by atoms with Crippen LogP contribution in [0.4, 0.5) is 5.69 Å². The maximum atomic E-state index is 5.72. The Morgan fingerprint density at radius 2 is 1.95 bits per heavy atom. The van der Waals surface area contributed by atoms with Gasteiger partial charge in [0, 0.05) is 23.8 Å². The molecule has 0 aliphatic carbocycles. The van der Waals surface area contributed by atoms with Crippen LogP contribution in [0, 0.1) is 0 Å². The second-order valence-corrected chi connectivity index (χ2v) is 5.28. The van der Waals surface area contributed by atoms with Gasteiger partial charge in [0.2, 0.25) is 0 Å². The van der Waals surface area contributed by atoms with Crippen LogP contribution in [0.1, 0.15) is 5.56 Å². The van der Waals surface area contributed by atoms with Gasteiger partial charge in [0.15, 0.2) is 0 Å². The summed E-state index contributed by atoms with van der Waals surface area (Å²) in [6, 6.07) is 16.0. The number of nitrogens with one attached hydrogen (secondary N) is 1. The minimum absolute atomic E-state index is 0.605. The molecule has 0 aromatic heterocycles. The lowest BCUT2D eigenvalue weighted by Gasteiger charge is -2.10. The summed E-state index contributed by atoms with van der Waals surface area (Å²) >= 11 is 3.45. The number of benzene rings is 2. The number of anilines is 1. The third kappa shape index (κ3) is 4.87. The topological polar surface area (TPSA) is 30.5 Å². The quantitative estimate of drug-likeness (QED) is 0.773. The van der Waals surface area contributed by atoms with E-state index in [0.717, 1.165) is 28.0 Å². The Kier molecular flexibility index (Phi) is 5.89. The zero-order valence-corrected chi connectivity index (χ0v) is 13.0. The average Bonchev–Trinajstić information content (AvgIpc) is 2.45. The summed E-state index contributed by atoms with van der Waals surface area (Å²) in [7, 11) is 1.69. The van der Waals surface area contributed by atoms with Gasteiger partial charge in [0.1, 0.15) is 12.4 Å². The SMILES string of the molecule is COCc1cccc(OCCNc2cccc(Br)c2)c1. The molecule has 4 heteroatoms. The van der Waals surface area contributed by atoms with Crippen molar-refractivity contribution in [1.82, 2.24) is 0 Å². The van der Waals surface area contributed by atoms with Gasteiger partial charge >= 0.3 is 0 Å². The van der Waals surface area contributed by atoms with Crippen molar-refractivity contribution in [3.05, 3.63) is 58.6 Å². The molecule has 0 aliphatic rings. The Hall–Kier alpha value is -1.52. The van der Waals surface area contributed by atoms with Gasteiger partial charge < -0.3 is 14.8 Å². The number of rotatable bonds is 7. The van der Waals surface area contributed by atoms with Crippen LogP contribution in [0.2, 0.25) is 0 Å². The monoisotopic (exact) mass is 335 g/mol. The molecule has 0 radical (unpaired) electrons. The zero-order chi connectivity index (χ0) is 14.2. The standard InChI is InChI=1S/C16H18BrNO2/c1-19-12-13-4-2-7-16(10-13)20-9-8-18-15-6-3-5-14(17)11-15/h2-7,10-11,18H,8-9,12H2,1H3. The van der Waals surface area contributed by atoms with Crippen LogP contribution in [-0.2, 0) is 11.3 Å². The first-order valence-electron chi connectivity index (χ1n) is 6.48. The summed E-state index contributed by atoms with van der Waals surface area (Å²) in [5, 5.41) is 3.32. The summed E-state index contributed by atoms with van der Waals surface area (Å²) in [6.45, 7) is 1.97. The highest BCUT2D eigenvalue weighted by Crippen LogP contribution is 2.16. The second kappa shape index (κ2) is 7.92. The Morgan fingerprint density at radius 1 is 1.10 bits per heavy atom. The molecule has 2 rings (SSSR count). The van der Waals surface area contributed by atoms with Gasteiger partial charge in [-0.05, 0) is 35.9 Å². The van der Waals surface area contributed by atoms with E-state index in [9.17, 15) is 0 Å². The summed E-state index contributed by atoms with van der Waals surface area (Å²) in [6.07, 6.45) is 0. The molecular weight excluding hydrogens is 318 g/mol. The molecule has 0 heterocycles. The van der Waals surface area contributed by atoms with Crippen LogP contribution >= 0.6 is 15.9 Å². The smallest absolute Gasteiger partial charge is 0.119 e.